The highest BCUT2D eigenvalue weighted by Gasteiger charge is 2.27. The molecule has 0 aromatic heterocycles. The summed E-state index contributed by atoms with van der Waals surface area (Å²) in [5, 5.41) is 14.1. The molecule has 4 rings (SSSR count). The zero-order valence-electron chi connectivity index (χ0n) is 14.7. The molecule has 0 fully saturated rings. The lowest BCUT2D eigenvalue weighted by Gasteiger charge is -2.35. The first-order valence-corrected chi connectivity index (χ1v) is 9.29. The minimum atomic E-state index is -0.112. The fourth-order valence-electron chi connectivity index (χ4n) is 3.32. The molecule has 0 saturated heterocycles. The maximum absolute atomic E-state index is 9.92. The van der Waals surface area contributed by atoms with Gasteiger partial charge in [0.05, 0.1) is 6.04 Å². The second-order valence-corrected chi connectivity index (χ2v) is 6.93. The summed E-state index contributed by atoms with van der Waals surface area (Å²) in [6.45, 7) is 0.704. The van der Waals surface area contributed by atoms with Crippen LogP contribution in [0.15, 0.2) is 91.1 Å². The van der Waals surface area contributed by atoms with Gasteiger partial charge in [-0.2, -0.15) is 0 Å². The third kappa shape index (κ3) is 3.86. The predicted octanol–water partition coefficient (Wildman–Crippen LogP) is 4.86. The van der Waals surface area contributed by atoms with Crippen LogP contribution in [0, 0.1) is 0 Å². The first-order chi connectivity index (χ1) is 13.2. The summed E-state index contributed by atoms with van der Waals surface area (Å²) in [5.41, 5.74) is 4.41. The van der Waals surface area contributed by atoms with E-state index in [2.05, 4.69) is 40.7 Å². The van der Waals surface area contributed by atoms with Crippen molar-refractivity contribution in [1.29, 1.82) is 0 Å². The van der Waals surface area contributed by atoms with Crippen molar-refractivity contribution in [2.24, 2.45) is 0 Å². The summed E-state index contributed by atoms with van der Waals surface area (Å²) in [6, 6.07) is 27.7. The summed E-state index contributed by atoms with van der Waals surface area (Å²) in [6.07, 6.45) is 2.12. The van der Waals surface area contributed by atoms with Crippen LogP contribution in [0.3, 0.4) is 0 Å². The molecular formula is C23H20N2OS. The highest BCUT2D eigenvalue weighted by atomic mass is 32.1. The second kappa shape index (κ2) is 7.64. The minimum absolute atomic E-state index is 0.112. The van der Waals surface area contributed by atoms with Crippen molar-refractivity contribution in [2.75, 3.05) is 0 Å². The second-order valence-electron chi connectivity index (χ2n) is 6.54. The number of hydrogen-bond donors (Lipinski definition) is 2. The molecule has 0 bridgehead atoms. The number of rotatable bonds is 4. The van der Waals surface area contributed by atoms with E-state index in [4.69, 9.17) is 12.2 Å². The van der Waals surface area contributed by atoms with E-state index < -0.39 is 0 Å². The van der Waals surface area contributed by atoms with Crippen molar-refractivity contribution in [3.8, 4) is 5.75 Å². The Kier molecular flexibility index (Phi) is 4.90. The Morgan fingerprint density at radius 3 is 2.30 bits per heavy atom. The highest BCUT2D eigenvalue weighted by Crippen LogP contribution is 2.35. The molecule has 0 spiro atoms. The maximum Gasteiger partial charge on any atom is 0.174 e. The molecule has 0 saturated carbocycles. The number of phenols is 1. The largest absolute Gasteiger partial charge is 0.508 e. The first-order valence-electron chi connectivity index (χ1n) is 8.88. The molecule has 4 heteroatoms. The maximum atomic E-state index is 9.92. The Balaban J connectivity index is 1.74. The Bertz CT molecular complexity index is 970. The van der Waals surface area contributed by atoms with Crippen molar-refractivity contribution in [1.82, 2.24) is 10.2 Å². The normalized spacial score (nSPS) is 16.6. The molecule has 1 heterocycles. The van der Waals surface area contributed by atoms with Crippen molar-refractivity contribution in [3.05, 3.63) is 108 Å². The molecule has 0 radical (unpaired) electrons. The fourth-order valence-corrected chi connectivity index (χ4v) is 3.56. The van der Waals surface area contributed by atoms with Crippen LogP contribution in [0.2, 0.25) is 0 Å². The van der Waals surface area contributed by atoms with Gasteiger partial charge in [0.2, 0.25) is 0 Å². The Morgan fingerprint density at radius 2 is 1.59 bits per heavy atom. The SMILES string of the molecule is Oc1cccc(C2NC(=S)N(Cc3ccccc3)C=C2c2ccccc2)c1. The summed E-state index contributed by atoms with van der Waals surface area (Å²) >= 11 is 5.65. The summed E-state index contributed by atoms with van der Waals surface area (Å²) in [5.74, 6) is 0.249. The van der Waals surface area contributed by atoms with Crippen molar-refractivity contribution in [3.63, 3.8) is 0 Å². The zero-order chi connectivity index (χ0) is 18.6. The minimum Gasteiger partial charge on any atom is -0.508 e. The van der Waals surface area contributed by atoms with Gasteiger partial charge in [-0.3, -0.25) is 0 Å². The van der Waals surface area contributed by atoms with Crippen LogP contribution in [0.4, 0.5) is 0 Å². The van der Waals surface area contributed by atoms with Gasteiger partial charge in [-0.15, -0.1) is 0 Å². The monoisotopic (exact) mass is 372 g/mol. The summed E-state index contributed by atoms with van der Waals surface area (Å²) in [4.78, 5) is 2.06. The van der Waals surface area contributed by atoms with Gasteiger partial charge >= 0.3 is 0 Å². The van der Waals surface area contributed by atoms with Crippen LogP contribution in [-0.2, 0) is 6.54 Å². The number of phenolic OH excluding ortho intramolecular Hbond substituents is 1. The summed E-state index contributed by atoms with van der Waals surface area (Å²) < 4.78 is 0. The molecule has 134 valence electrons. The number of nitrogens with one attached hydrogen (secondary N) is 1. The lowest BCUT2D eigenvalue weighted by atomic mass is 9.92. The number of hydrogen-bond acceptors (Lipinski definition) is 2. The van der Waals surface area contributed by atoms with Crippen molar-refractivity contribution in [2.45, 2.75) is 12.6 Å². The van der Waals surface area contributed by atoms with Crippen LogP contribution in [0.1, 0.15) is 22.7 Å². The standard InChI is InChI=1S/C23H20N2OS/c26-20-13-7-12-19(14-20)22-21(18-10-5-2-6-11-18)16-25(23(27)24-22)15-17-8-3-1-4-9-17/h1-14,16,22,26H,15H2,(H,24,27). The molecule has 1 aliphatic heterocycles. The van der Waals surface area contributed by atoms with E-state index in [9.17, 15) is 5.11 Å². The van der Waals surface area contributed by atoms with Crippen LogP contribution in [0.25, 0.3) is 5.57 Å². The molecule has 0 aliphatic carbocycles. The van der Waals surface area contributed by atoms with E-state index in [1.54, 1.807) is 12.1 Å². The van der Waals surface area contributed by atoms with Crippen LogP contribution in [-0.4, -0.2) is 15.1 Å². The van der Waals surface area contributed by atoms with Crippen LogP contribution < -0.4 is 5.32 Å². The molecule has 0 amide bonds. The van der Waals surface area contributed by atoms with Crippen molar-refractivity contribution < 1.29 is 5.11 Å². The van der Waals surface area contributed by atoms with Crippen molar-refractivity contribution >= 4 is 22.9 Å². The molecule has 3 nitrogen and oxygen atoms in total. The summed E-state index contributed by atoms with van der Waals surface area (Å²) in [7, 11) is 0. The molecule has 1 atom stereocenters. The lowest BCUT2D eigenvalue weighted by Crippen LogP contribution is -2.42. The van der Waals surface area contributed by atoms with Crippen LogP contribution in [0.5, 0.6) is 5.75 Å². The number of benzene rings is 3. The predicted molar refractivity (Wildman–Crippen MR) is 113 cm³/mol. The van der Waals surface area contributed by atoms with E-state index in [1.807, 2.05) is 48.5 Å². The zero-order valence-corrected chi connectivity index (χ0v) is 15.6. The van der Waals surface area contributed by atoms with Crippen LogP contribution >= 0.6 is 12.2 Å². The molecule has 2 N–H and O–H groups in total. The highest BCUT2D eigenvalue weighted by molar-refractivity contribution is 7.80. The Labute approximate surface area is 164 Å². The van der Waals surface area contributed by atoms with E-state index in [0.717, 1.165) is 16.7 Å². The van der Waals surface area contributed by atoms with Gasteiger partial charge in [0.15, 0.2) is 5.11 Å². The van der Waals surface area contributed by atoms with E-state index >= 15 is 0 Å². The van der Waals surface area contributed by atoms with Gasteiger partial charge in [-0.05, 0) is 41.0 Å². The van der Waals surface area contributed by atoms with E-state index in [-0.39, 0.29) is 11.8 Å². The quantitative estimate of drug-likeness (QED) is 0.641. The fraction of sp³-hybridized carbons (Fsp3) is 0.0870. The topological polar surface area (TPSA) is 35.5 Å². The molecule has 1 unspecified atom stereocenters. The van der Waals surface area contributed by atoms with Gasteiger partial charge in [0.25, 0.3) is 0 Å². The van der Waals surface area contributed by atoms with Gasteiger partial charge in [-0.25, -0.2) is 0 Å². The van der Waals surface area contributed by atoms with Gasteiger partial charge in [0.1, 0.15) is 5.75 Å². The smallest absolute Gasteiger partial charge is 0.174 e. The number of nitrogens with zero attached hydrogens (tertiary/aromatic N) is 1. The molecule has 1 aliphatic rings. The average molecular weight is 372 g/mol. The average Bonchev–Trinajstić information content (AvgIpc) is 2.71. The van der Waals surface area contributed by atoms with Gasteiger partial charge < -0.3 is 15.3 Å². The van der Waals surface area contributed by atoms with E-state index in [0.29, 0.717) is 11.7 Å². The lowest BCUT2D eigenvalue weighted by molar-refractivity contribution is 0.473. The molecule has 3 aromatic rings. The number of thiocarbonyl (C=S) groups is 1. The molecule has 3 aromatic carbocycles. The van der Waals surface area contributed by atoms with Gasteiger partial charge in [0, 0.05) is 18.3 Å². The molecule has 27 heavy (non-hydrogen) atoms. The molecular weight excluding hydrogens is 352 g/mol. The third-order valence-corrected chi connectivity index (χ3v) is 4.99. The Hall–Kier alpha value is -3.11. The first kappa shape index (κ1) is 17.3. The number of aromatic hydroxyl groups is 1. The Morgan fingerprint density at radius 1 is 0.889 bits per heavy atom. The van der Waals surface area contributed by atoms with Gasteiger partial charge in [-0.1, -0.05) is 72.8 Å². The third-order valence-electron chi connectivity index (χ3n) is 4.64. The van der Waals surface area contributed by atoms with E-state index in [1.165, 1.54) is 5.56 Å².